The minimum absolute atomic E-state index is 0.0276. The molecule has 0 bridgehead atoms. The molecule has 4 rings (SSSR count). The van der Waals surface area contributed by atoms with Gasteiger partial charge in [0.05, 0.1) is 37.0 Å². The average molecular weight is 516 g/mol. The van der Waals surface area contributed by atoms with Crippen molar-refractivity contribution >= 4 is 29.1 Å². The van der Waals surface area contributed by atoms with Gasteiger partial charge in [-0.2, -0.15) is 0 Å². The van der Waals surface area contributed by atoms with E-state index in [2.05, 4.69) is 0 Å². The van der Waals surface area contributed by atoms with Crippen molar-refractivity contribution in [1.29, 1.82) is 0 Å². The molecule has 1 fully saturated rings. The summed E-state index contributed by atoms with van der Waals surface area (Å²) in [6.45, 7) is 5.70. The molecule has 0 aromatic heterocycles. The molecule has 0 spiro atoms. The normalized spacial score (nSPS) is 16.6. The lowest BCUT2D eigenvalue weighted by atomic mass is 9.95. The van der Waals surface area contributed by atoms with Crippen molar-refractivity contribution in [3.8, 4) is 11.5 Å². The minimum atomic E-state index is -0.954. The molecule has 1 aliphatic rings. The number of nitrogens with zero attached hydrogens (tertiary/aromatic N) is 1. The Hall–Kier alpha value is -4.59. The summed E-state index contributed by atoms with van der Waals surface area (Å²) in [5.41, 5.74) is 1.42. The number of esters is 1. The molecule has 196 valence electrons. The zero-order chi connectivity index (χ0) is 27.4. The van der Waals surface area contributed by atoms with Gasteiger partial charge in [0.25, 0.3) is 11.7 Å². The summed E-state index contributed by atoms with van der Waals surface area (Å²) < 4.78 is 16.0. The molecule has 1 atom stereocenters. The third kappa shape index (κ3) is 5.25. The third-order valence-corrected chi connectivity index (χ3v) is 6.01. The quantitative estimate of drug-likeness (QED) is 0.188. The number of ketones is 1. The molecule has 1 N–H and O–H groups in total. The number of aliphatic hydroxyl groups excluding tert-OH is 1. The van der Waals surface area contributed by atoms with Crippen LogP contribution in [-0.2, 0) is 14.3 Å². The van der Waals surface area contributed by atoms with Gasteiger partial charge in [-0.15, -0.1) is 0 Å². The van der Waals surface area contributed by atoms with Crippen LogP contribution >= 0.6 is 0 Å². The van der Waals surface area contributed by atoms with Gasteiger partial charge < -0.3 is 19.3 Å². The van der Waals surface area contributed by atoms with Gasteiger partial charge in [-0.1, -0.05) is 18.2 Å². The van der Waals surface area contributed by atoms with Crippen LogP contribution in [0.5, 0.6) is 11.5 Å². The van der Waals surface area contributed by atoms with Crippen molar-refractivity contribution in [2.75, 3.05) is 18.6 Å². The number of amides is 1. The van der Waals surface area contributed by atoms with E-state index < -0.39 is 23.7 Å². The molecule has 0 saturated carbocycles. The summed E-state index contributed by atoms with van der Waals surface area (Å²) in [5, 5.41) is 11.3. The van der Waals surface area contributed by atoms with E-state index in [0.29, 0.717) is 28.3 Å². The first kappa shape index (κ1) is 26.5. The van der Waals surface area contributed by atoms with E-state index in [1.165, 1.54) is 18.1 Å². The molecule has 3 aromatic carbocycles. The monoisotopic (exact) mass is 515 g/mol. The van der Waals surface area contributed by atoms with Gasteiger partial charge in [-0.25, -0.2) is 4.79 Å². The number of benzene rings is 3. The fourth-order valence-corrected chi connectivity index (χ4v) is 4.32. The second-order valence-corrected chi connectivity index (χ2v) is 8.90. The van der Waals surface area contributed by atoms with E-state index in [9.17, 15) is 19.5 Å². The van der Waals surface area contributed by atoms with Gasteiger partial charge in [-0.3, -0.25) is 14.5 Å². The molecule has 8 nitrogen and oxygen atoms in total. The number of Topliss-reactive ketones (excluding diaryl/α,β-unsaturated/α-hetero) is 1. The van der Waals surface area contributed by atoms with Gasteiger partial charge in [-0.05, 0) is 80.9 Å². The standard InChI is InChI=1S/C30H29NO7/c1-5-37-30(35)21-7-6-8-22(17-21)31-26(19-9-13-23(36-4)14-10-19)25(28(33)29(31)34)27(32)20-11-15-24(16-12-20)38-18(2)3/h6-18,26,32H,5H2,1-4H3/b27-25+. The van der Waals surface area contributed by atoms with Crippen molar-refractivity contribution in [2.45, 2.75) is 32.9 Å². The number of anilines is 1. The maximum atomic E-state index is 13.4. The van der Waals surface area contributed by atoms with E-state index in [0.717, 1.165) is 0 Å². The van der Waals surface area contributed by atoms with Gasteiger partial charge in [0.15, 0.2) is 0 Å². The predicted octanol–water partition coefficient (Wildman–Crippen LogP) is 5.29. The second-order valence-electron chi connectivity index (χ2n) is 8.90. The number of aliphatic hydroxyl groups is 1. The molecule has 3 aromatic rings. The van der Waals surface area contributed by atoms with Crippen LogP contribution in [0.25, 0.3) is 5.76 Å². The fraction of sp³-hybridized carbons (Fsp3) is 0.233. The van der Waals surface area contributed by atoms with Gasteiger partial charge >= 0.3 is 5.97 Å². The number of methoxy groups -OCH3 is 1. The van der Waals surface area contributed by atoms with E-state index in [-0.39, 0.29) is 29.6 Å². The van der Waals surface area contributed by atoms with Crippen LogP contribution in [-0.4, -0.2) is 42.6 Å². The van der Waals surface area contributed by atoms with Crippen LogP contribution in [0.15, 0.2) is 78.4 Å². The number of hydrogen-bond donors (Lipinski definition) is 1. The molecule has 1 amide bonds. The predicted molar refractivity (Wildman–Crippen MR) is 142 cm³/mol. The van der Waals surface area contributed by atoms with Crippen molar-refractivity contribution in [2.24, 2.45) is 0 Å². The van der Waals surface area contributed by atoms with Gasteiger partial charge in [0, 0.05) is 11.3 Å². The molecule has 38 heavy (non-hydrogen) atoms. The Morgan fingerprint density at radius 2 is 1.61 bits per heavy atom. The highest BCUT2D eigenvalue weighted by atomic mass is 16.5. The average Bonchev–Trinajstić information content (AvgIpc) is 3.18. The number of carbonyl (C=O) groups excluding carboxylic acids is 3. The van der Waals surface area contributed by atoms with E-state index >= 15 is 0 Å². The zero-order valence-electron chi connectivity index (χ0n) is 21.6. The zero-order valence-corrected chi connectivity index (χ0v) is 21.6. The molecule has 1 aliphatic heterocycles. The molecule has 1 unspecified atom stereocenters. The SMILES string of the molecule is CCOC(=O)c1cccc(N2C(=O)C(=O)/C(=C(/O)c3ccc(OC(C)C)cc3)C2c2ccc(OC)cc2)c1. The minimum Gasteiger partial charge on any atom is -0.507 e. The molecular formula is C30H29NO7. The summed E-state index contributed by atoms with van der Waals surface area (Å²) in [6, 6.07) is 18.9. The van der Waals surface area contributed by atoms with E-state index in [4.69, 9.17) is 14.2 Å². The third-order valence-electron chi connectivity index (χ3n) is 6.01. The van der Waals surface area contributed by atoms with Crippen LogP contribution in [0.1, 0.15) is 48.3 Å². The Balaban J connectivity index is 1.85. The maximum Gasteiger partial charge on any atom is 0.338 e. The summed E-state index contributed by atoms with van der Waals surface area (Å²) >= 11 is 0. The van der Waals surface area contributed by atoms with Crippen molar-refractivity contribution in [3.63, 3.8) is 0 Å². The fourth-order valence-electron chi connectivity index (χ4n) is 4.32. The first-order valence-corrected chi connectivity index (χ1v) is 12.2. The Morgan fingerprint density at radius 1 is 0.947 bits per heavy atom. The van der Waals surface area contributed by atoms with Crippen LogP contribution < -0.4 is 14.4 Å². The lowest BCUT2D eigenvalue weighted by molar-refractivity contribution is -0.132. The molecule has 0 radical (unpaired) electrons. The highest BCUT2D eigenvalue weighted by molar-refractivity contribution is 6.51. The molecule has 1 heterocycles. The number of ether oxygens (including phenoxy) is 3. The lowest BCUT2D eigenvalue weighted by Crippen LogP contribution is -2.29. The van der Waals surface area contributed by atoms with Crippen molar-refractivity contribution in [3.05, 3.63) is 95.1 Å². The second kappa shape index (κ2) is 11.2. The summed E-state index contributed by atoms with van der Waals surface area (Å²) in [6.07, 6.45) is -0.0276. The number of rotatable bonds is 8. The molecular weight excluding hydrogens is 486 g/mol. The number of carbonyl (C=O) groups is 3. The van der Waals surface area contributed by atoms with E-state index in [1.54, 1.807) is 73.7 Å². The Labute approximate surface area is 221 Å². The first-order chi connectivity index (χ1) is 18.2. The largest absolute Gasteiger partial charge is 0.507 e. The van der Waals surface area contributed by atoms with Crippen LogP contribution in [0.2, 0.25) is 0 Å². The molecule has 8 heteroatoms. The highest BCUT2D eigenvalue weighted by Crippen LogP contribution is 2.42. The number of hydrogen-bond acceptors (Lipinski definition) is 7. The Morgan fingerprint density at radius 3 is 2.21 bits per heavy atom. The van der Waals surface area contributed by atoms with Crippen molar-refractivity contribution in [1.82, 2.24) is 0 Å². The Bertz CT molecular complexity index is 1370. The topological polar surface area (TPSA) is 102 Å². The van der Waals surface area contributed by atoms with Crippen LogP contribution in [0.4, 0.5) is 5.69 Å². The highest BCUT2D eigenvalue weighted by Gasteiger charge is 2.47. The summed E-state index contributed by atoms with van der Waals surface area (Å²) in [5.74, 6) is -1.32. The maximum absolute atomic E-state index is 13.4. The van der Waals surface area contributed by atoms with E-state index in [1.807, 2.05) is 13.8 Å². The van der Waals surface area contributed by atoms with Gasteiger partial charge in [0.1, 0.15) is 17.3 Å². The van der Waals surface area contributed by atoms with Crippen LogP contribution in [0.3, 0.4) is 0 Å². The summed E-state index contributed by atoms with van der Waals surface area (Å²) in [4.78, 5) is 40.5. The van der Waals surface area contributed by atoms with Crippen LogP contribution in [0, 0.1) is 0 Å². The van der Waals surface area contributed by atoms with Gasteiger partial charge in [0.2, 0.25) is 0 Å². The molecule has 1 saturated heterocycles. The Kier molecular flexibility index (Phi) is 7.81. The first-order valence-electron chi connectivity index (χ1n) is 12.2. The lowest BCUT2D eigenvalue weighted by Gasteiger charge is -2.26. The van der Waals surface area contributed by atoms with Crippen molar-refractivity contribution < 1.29 is 33.7 Å². The smallest absolute Gasteiger partial charge is 0.338 e. The summed E-state index contributed by atoms with van der Waals surface area (Å²) in [7, 11) is 1.54. The molecule has 0 aliphatic carbocycles.